The number of carboxylic acid groups (broad SMARTS) is 1. The van der Waals surface area contributed by atoms with E-state index in [0.717, 1.165) is 19.4 Å². The predicted octanol–water partition coefficient (Wildman–Crippen LogP) is -1.31. The van der Waals surface area contributed by atoms with Crippen molar-refractivity contribution in [2.75, 3.05) is 19.4 Å². The molecule has 0 aromatic carbocycles. The summed E-state index contributed by atoms with van der Waals surface area (Å²) in [6, 6.07) is 0. The number of carboxylic acids is 1. The second-order valence-corrected chi connectivity index (χ2v) is 4.74. The average Bonchev–Trinajstić information content (AvgIpc) is 2.53. The lowest BCUT2D eigenvalue weighted by atomic mass is 10.4. The molecule has 1 heterocycles. The molecule has 1 aliphatic heterocycles. The van der Waals surface area contributed by atoms with Gasteiger partial charge in [0.05, 0.1) is 12.8 Å². The van der Waals surface area contributed by atoms with Crippen molar-refractivity contribution in [2.45, 2.75) is 12.8 Å². The molecule has 0 saturated carbocycles. The Morgan fingerprint density at radius 2 is 2.12 bits per heavy atom. The van der Waals surface area contributed by atoms with E-state index < -0.39 is 26.4 Å². The third-order valence-electron chi connectivity index (χ3n) is 1.50. The van der Waals surface area contributed by atoms with Gasteiger partial charge in [0.2, 0.25) is 5.91 Å². The number of nitrogens with one attached hydrogen (secondary N) is 2. The summed E-state index contributed by atoms with van der Waals surface area (Å²) in [4.78, 5) is 36.3. The maximum absolute atomic E-state index is 10.1. The molecule has 1 amide bonds. The Kier molecular flexibility index (Phi) is 6.91. The van der Waals surface area contributed by atoms with Crippen LogP contribution in [-0.2, 0) is 14.2 Å². The number of hydrogen-bond acceptors (Lipinski definition) is 4. The molecule has 0 bridgehead atoms. The van der Waals surface area contributed by atoms with E-state index in [9.17, 15) is 14.2 Å². The first kappa shape index (κ1) is 15.0. The SMILES string of the molecule is O=C(O)CNCP(=O)(O)O.O=C1CCCN1. The lowest BCUT2D eigenvalue weighted by Crippen LogP contribution is -2.23. The minimum atomic E-state index is -4.10. The van der Waals surface area contributed by atoms with Gasteiger partial charge in [-0.1, -0.05) is 0 Å². The molecule has 0 aliphatic carbocycles. The Morgan fingerprint density at radius 3 is 2.38 bits per heavy atom. The first-order valence-electron chi connectivity index (χ1n) is 4.55. The molecule has 5 N–H and O–H groups in total. The maximum atomic E-state index is 10.1. The Balaban J connectivity index is 0.000000315. The second-order valence-electron chi connectivity index (χ2n) is 3.10. The largest absolute Gasteiger partial charge is 0.480 e. The zero-order valence-corrected chi connectivity index (χ0v) is 9.44. The van der Waals surface area contributed by atoms with Gasteiger partial charge in [0.15, 0.2) is 0 Å². The van der Waals surface area contributed by atoms with Crippen LogP contribution in [0.1, 0.15) is 12.8 Å². The lowest BCUT2D eigenvalue weighted by Gasteiger charge is -2.02. The highest BCUT2D eigenvalue weighted by Gasteiger charge is 2.11. The highest BCUT2D eigenvalue weighted by Crippen LogP contribution is 2.31. The van der Waals surface area contributed by atoms with Gasteiger partial charge in [0, 0.05) is 13.0 Å². The van der Waals surface area contributed by atoms with E-state index in [4.69, 9.17) is 14.9 Å². The van der Waals surface area contributed by atoms with Gasteiger partial charge in [-0.25, -0.2) is 0 Å². The Morgan fingerprint density at radius 1 is 1.50 bits per heavy atom. The molecule has 0 aromatic heterocycles. The zero-order chi connectivity index (χ0) is 12.6. The van der Waals surface area contributed by atoms with Crippen molar-refractivity contribution < 1.29 is 29.0 Å². The number of rotatable bonds is 4. The van der Waals surface area contributed by atoms with Crippen molar-refractivity contribution >= 4 is 19.5 Å². The summed E-state index contributed by atoms with van der Waals surface area (Å²) < 4.78 is 10.1. The molecule has 1 fully saturated rings. The molecule has 1 saturated heterocycles. The fourth-order valence-electron chi connectivity index (χ4n) is 0.874. The normalized spacial score (nSPS) is 15.0. The number of hydrogen-bond donors (Lipinski definition) is 5. The highest BCUT2D eigenvalue weighted by atomic mass is 31.2. The maximum Gasteiger partial charge on any atom is 0.339 e. The molecule has 0 atom stereocenters. The van der Waals surface area contributed by atoms with Crippen molar-refractivity contribution in [3.05, 3.63) is 0 Å². The monoisotopic (exact) mass is 254 g/mol. The average molecular weight is 254 g/mol. The summed E-state index contributed by atoms with van der Waals surface area (Å²) in [7, 11) is -4.10. The van der Waals surface area contributed by atoms with Crippen LogP contribution in [0.3, 0.4) is 0 Å². The fourth-order valence-corrected chi connectivity index (χ4v) is 1.28. The van der Waals surface area contributed by atoms with Crippen LogP contribution in [0, 0.1) is 0 Å². The molecule has 0 unspecified atom stereocenters. The number of amides is 1. The third kappa shape index (κ3) is 11.1. The van der Waals surface area contributed by atoms with Crippen molar-refractivity contribution in [3.8, 4) is 0 Å². The van der Waals surface area contributed by atoms with Gasteiger partial charge >= 0.3 is 13.6 Å². The van der Waals surface area contributed by atoms with Gasteiger partial charge in [-0.2, -0.15) is 0 Å². The van der Waals surface area contributed by atoms with E-state index in [1.165, 1.54) is 0 Å². The summed E-state index contributed by atoms with van der Waals surface area (Å²) >= 11 is 0. The number of carbonyl (C=O) groups excluding carboxylic acids is 1. The van der Waals surface area contributed by atoms with Gasteiger partial charge in [-0.3, -0.25) is 19.5 Å². The smallest absolute Gasteiger partial charge is 0.339 e. The molecule has 0 aromatic rings. The minimum absolute atomic E-state index is 0.204. The van der Waals surface area contributed by atoms with Crippen molar-refractivity contribution in [3.63, 3.8) is 0 Å². The molecule has 8 nitrogen and oxygen atoms in total. The van der Waals surface area contributed by atoms with E-state index in [-0.39, 0.29) is 5.91 Å². The van der Waals surface area contributed by atoms with Gasteiger partial charge in [0.25, 0.3) is 0 Å². The third-order valence-corrected chi connectivity index (χ3v) is 2.13. The van der Waals surface area contributed by atoms with E-state index in [1.807, 2.05) is 0 Å². The molecule has 16 heavy (non-hydrogen) atoms. The summed E-state index contributed by atoms with van der Waals surface area (Å²) in [6.45, 7) is 0.448. The Hall–Kier alpha value is -0.950. The molecular formula is C7H15N2O6P. The van der Waals surface area contributed by atoms with Crippen LogP contribution in [0.4, 0.5) is 0 Å². The molecule has 9 heteroatoms. The Labute approximate surface area is 92.2 Å². The molecule has 94 valence electrons. The van der Waals surface area contributed by atoms with Crippen LogP contribution in [0.2, 0.25) is 0 Å². The van der Waals surface area contributed by atoms with Crippen LogP contribution in [0.15, 0.2) is 0 Å². The van der Waals surface area contributed by atoms with E-state index >= 15 is 0 Å². The van der Waals surface area contributed by atoms with Gasteiger partial charge in [-0.15, -0.1) is 0 Å². The van der Waals surface area contributed by atoms with Crippen molar-refractivity contribution in [1.82, 2.24) is 10.6 Å². The van der Waals surface area contributed by atoms with Crippen molar-refractivity contribution in [1.29, 1.82) is 0 Å². The highest BCUT2D eigenvalue weighted by molar-refractivity contribution is 7.51. The van der Waals surface area contributed by atoms with Crippen LogP contribution >= 0.6 is 7.60 Å². The summed E-state index contributed by atoms with van der Waals surface area (Å²) in [6.07, 6.45) is 1.16. The molecule has 1 aliphatic rings. The Bertz CT molecular complexity index is 281. The predicted molar refractivity (Wildman–Crippen MR) is 54.8 cm³/mol. The lowest BCUT2D eigenvalue weighted by molar-refractivity contribution is -0.135. The van der Waals surface area contributed by atoms with Gasteiger partial charge < -0.3 is 20.2 Å². The second kappa shape index (κ2) is 7.34. The number of aliphatic carboxylic acids is 1. The number of carbonyl (C=O) groups is 2. The molecule has 0 radical (unpaired) electrons. The van der Waals surface area contributed by atoms with Crippen molar-refractivity contribution in [2.24, 2.45) is 0 Å². The molecule has 0 spiro atoms. The van der Waals surface area contributed by atoms with Crippen LogP contribution in [0.5, 0.6) is 0 Å². The van der Waals surface area contributed by atoms with Crippen LogP contribution in [0.25, 0.3) is 0 Å². The van der Waals surface area contributed by atoms with E-state index in [0.29, 0.717) is 0 Å². The topological polar surface area (TPSA) is 136 Å². The quantitative estimate of drug-likeness (QED) is 0.393. The summed E-state index contributed by atoms with van der Waals surface area (Å²) in [5.74, 6) is -0.941. The standard InChI is InChI=1S/C4H7NO.C3H8NO5P/c6-4-2-1-3-5-4;5-3(6)1-4-2-10(7,8)9/h1-3H2,(H,5,6);4H,1-2H2,(H,5,6)(H2,7,8,9). The zero-order valence-electron chi connectivity index (χ0n) is 8.55. The molecule has 1 rings (SSSR count). The first-order valence-corrected chi connectivity index (χ1v) is 6.35. The summed E-state index contributed by atoms with van der Waals surface area (Å²) in [5, 5.41) is 12.7. The van der Waals surface area contributed by atoms with Crippen LogP contribution in [-0.4, -0.2) is 46.1 Å². The van der Waals surface area contributed by atoms with E-state index in [1.54, 1.807) is 0 Å². The van der Waals surface area contributed by atoms with E-state index in [2.05, 4.69) is 10.6 Å². The van der Waals surface area contributed by atoms with Gasteiger partial charge in [-0.05, 0) is 6.42 Å². The first-order chi connectivity index (χ1) is 7.31. The molecular weight excluding hydrogens is 239 g/mol. The van der Waals surface area contributed by atoms with Gasteiger partial charge in [0.1, 0.15) is 0 Å². The fraction of sp³-hybridized carbons (Fsp3) is 0.714. The minimum Gasteiger partial charge on any atom is -0.480 e. The summed E-state index contributed by atoms with van der Waals surface area (Å²) in [5.41, 5.74) is 0. The van der Waals surface area contributed by atoms with Crippen LogP contribution < -0.4 is 10.6 Å².